The Morgan fingerprint density at radius 3 is 2.39 bits per heavy atom. The number of nitrogens with zero attached hydrogens (tertiary/aromatic N) is 3. The maximum atomic E-state index is 14.0. The number of methoxy groups -OCH3 is 1. The number of rotatable bonds is 16. The van der Waals surface area contributed by atoms with E-state index < -0.39 is 38.4 Å². The third kappa shape index (κ3) is 9.50. The van der Waals surface area contributed by atoms with E-state index in [1.54, 1.807) is 32.2 Å². The van der Waals surface area contributed by atoms with Crippen molar-refractivity contribution in [3.8, 4) is 5.75 Å². The lowest BCUT2D eigenvalue weighted by atomic mass is 10.1. The van der Waals surface area contributed by atoms with E-state index in [9.17, 15) is 26.8 Å². The van der Waals surface area contributed by atoms with Gasteiger partial charge in [-0.2, -0.15) is 4.68 Å². The predicted molar refractivity (Wildman–Crippen MR) is 178 cm³/mol. The van der Waals surface area contributed by atoms with Crippen LogP contribution in [0.15, 0.2) is 64.4 Å². The lowest BCUT2D eigenvalue weighted by Crippen LogP contribution is -2.24. The molecule has 1 unspecified atom stereocenters. The minimum Gasteiger partial charge on any atom is -0.492 e. The Balaban J connectivity index is 1.76. The standard InChI is InChI=1S/C33H39F2N5O8S/c1-6-46-13-14-48-33(42)40-30-10-8-25(49(43,44)26-16-22(34)15-23(35)17-26)19-28(30)31(38-40)37-32(41)27-9-7-24(47-12-11-39(3)4)18-29(27)36-21(2)20-45-5/h7-10,15-19,21,36H,6,11-14,20H2,1-5H3,(H,37,38,41). The Kier molecular flexibility index (Phi) is 12.6. The van der Waals surface area contributed by atoms with Crippen molar-refractivity contribution >= 4 is 44.2 Å². The third-order valence-corrected chi connectivity index (χ3v) is 8.76. The molecule has 2 N–H and O–H groups in total. The summed E-state index contributed by atoms with van der Waals surface area (Å²) in [6.45, 7) is 5.50. The topological polar surface area (TPSA) is 150 Å². The number of hydrogen-bond donors (Lipinski definition) is 2. The number of sulfone groups is 1. The van der Waals surface area contributed by atoms with E-state index >= 15 is 0 Å². The van der Waals surface area contributed by atoms with Crippen LogP contribution in [0.3, 0.4) is 0 Å². The normalized spacial score (nSPS) is 12.2. The molecule has 1 heterocycles. The smallest absolute Gasteiger partial charge is 0.435 e. The van der Waals surface area contributed by atoms with Gasteiger partial charge in [-0.15, -0.1) is 5.10 Å². The second-order valence-electron chi connectivity index (χ2n) is 11.2. The second-order valence-corrected chi connectivity index (χ2v) is 13.1. The highest BCUT2D eigenvalue weighted by molar-refractivity contribution is 7.91. The fraction of sp³-hybridized carbons (Fsp3) is 0.364. The monoisotopic (exact) mass is 703 g/mol. The molecule has 49 heavy (non-hydrogen) atoms. The van der Waals surface area contributed by atoms with Crippen LogP contribution in [0.1, 0.15) is 24.2 Å². The highest BCUT2D eigenvalue weighted by Gasteiger charge is 2.25. The van der Waals surface area contributed by atoms with Crippen molar-refractivity contribution < 1.29 is 45.7 Å². The van der Waals surface area contributed by atoms with E-state index in [1.807, 2.05) is 25.9 Å². The minimum atomic E-state index is -4.45. The van der Waals surface area contributed by atoms with Crippen molar-refractivity contribution in [2.75, 3.05) is 71.4 Å². The van der Waals surface area contributed by atoms with Crippen LogP contribution in [0.2, 0.25) is 0 Å². The SMILES string of the molecule is CCOCCOC(=O)n1nc(NC(=O)c2ccc(OCCN(C)C)cc2NC(C)COC)c2cc(S(=O)(=O)c3cc(F)cc(F)c3)ccc21. The van der Waals surface area contributed by atoms with Gasteiger partial charge < -0.3 is 34.5 Å². The first-order valence-corrected chi connectivity index (χ1v) is 16.8. The van der Waals surface area contributed by atoms with Crippen LogP contribution in [-0.4, -0.2) is 102 Å². The summed E-state index contributed by atoms with van der Waals surface area (Å²) in [5, 5.41) is 10.2. The third-order valence-electron chi connectivity index (χ3n) is 7.03. The van der Waals surface area contributed by atoms with Crippen molar-refractivity contribution in [1.82, 2.24) is 14.7 Å². The summed E-state index contributed by atoms with van der Waals surface area (Å²) < 4.78 is 77.2. The van der Waals surface area contributed by atoms with Crippen LogP contribution < -0.4 is 15.4 Å². The van der Waals surface area contributed by atoms with E-state index in [0.717, 1.165) is 16.8 Å². The molecule has 16 heteroatoms. The summed E-state index contributed by atoms with van der Waals surface area (Å²) in [6, 6.07) is 10.2. The Bertz CT molecular complexity index is 1880. The molecule has 1 aromatic heterocycles. The second kappa shape index (κ2) is 16.6. The number of nitrogens with one attached hydrogen (secondary N) is 2. The van der Waals surface area contributed by atoms with Gasteiger partial charge in [0.25, 0.3) is 5.91 Å². The molecule has 0 spiro atoms. The van der Waals surface area contributed by atoms with E-state index in [1.165, 1.54) is 6.07 Å². The Labute approximate surface area is 283 Å². The number of benzene rings is 3. The molecule has 0 saturated heterocycles. The summed E-state index contributed by atoms with van der Waals surface area (Å²) in [7, 11) is 0.938. The van der Waals surface area contributed by atoms with Crippen molar-refractivity contribution in [3.05, 3.63) is 71.8 Å². The highest BCUT2D eigenvalue weighted by Crippen LogP contribution is 2.31. The first-order chi connectivity index (χ1) is 23.3. The van der Waals surface area contributed by atoms with Crippen LogP contribution in [-0.2, 0) is 24.0 Å². The number of halogens is 2. The molecule has 3 aromatic carbocycles. The zero-order chi connectivity index (χ0) is 35.7. The van der Waals surface area contributed by atoms with Gasteiger partial charge in [-0.1, -0.05) is 0 Å². The Morgan fingerprint density at radius 1 is 0.980 bits per heavy atom. The fourth-order valence-corrected chi connectivity index (χ4v) is 6.05. The van der Waals surface area contributed by atoms with Crippen molar-refractivity contribution in [3.63, 3.8) is 0 Å². The quantitative estimate of drug-likeness (QED) is 0.155. The number of carbonyl (C=O) groups is 2. The maximum Gasteiger partial charge on any atom is 0.435 e. The van der Waals surface area contributed by atoms with Gasteiger partial charge in [-0.3, -0.25) is 4.79 Å². The molecule has 0 aliphatic carbocycles. The lowest BCUT2D eigenvalue weighted by Gasteiger charge is -2.19. The molecule has 0 saturated carbocycles. The summed E-state index contributed by atoms with van der Waals surface area (Å²) in [6.07, 6.45) is -0.914. The number of amides is 1. The van der Waals surface area contributed by atoms with Gasteiger partial charge in [-0.05, 0) is 70.4 Å². The van der Waals surface area contributed by atoms with Gasteiger partial charge >= 0.3 is 6.09 Å². The average Bonchev–Trinajstić information content (AvgIpc) is 3.40. The zero-order valence-corrected chi connectivity index (χ0v) is 28.6. The fourth-order valence-electron chi connectivity index (χ4n) is 4.72. The molecular formula is C33H39F2N5O8S. The Morgan fingerprint density at radius 2 is 1.71 bits per heavy atom. The van der Waals surface area contributed by atoms with Crippen LogP contribution in [0.4, 0.5) is 25.1 Å². The van der Waals surface area contributed by atoms with Crippen LogP contribution >= 0.6 is 0 Å². The predicted octanol–water partition coefficient (Wildman–Crippen LogP) is 4.81. The van der Waals surface area contributed by atoms with Crippen molar-refractivity contribution in [2.24, 2.45) is 0 Å². The van der Waals surface area contributed by atoms with Gasteiger partial charge in [-0.25, -0.2) is 22.0 Å². The van der Waals surface area contributed by atoms with E-state index in [4.69, 9.17) is 18.9 Å². The summed E-state index contributed by atoms with van der Waals surface area (Å²) in [4.78, 5) is 27.8. The molecule has 0 aliphatic heterocycles. The summed E-state index contributed by atoms with van der Waals surface area (Å²) in [5.41, 5.74) is 0.696. The van der Waals surface area contributed by atoms with Crippen molar-refractivity contribution in [2.45, 2.75) is 29.7 Å². The van der Waals surface area contributed by atoms with E-state index in [0.29, 0.717) is 56.0 Å². The number of aromatic nitrogens is 2. The van der Waals surface area contributed by atoms with Crippen molar-refractivity contribution in [1.29, 1.82) is 0 Å². The maximum absolute atomic E-state index is 14.0. The molecule has 13 nitrogen and oxygen atoms in total. The molecule has 1 atom stereocenters. The van der Waals surface area contributed by atoms with E-state index in [2.05, 4.69) is 15.7 Å². The summed E-state index contributed by atoms with van der Waals surface area (Å²) in [5.74, 6) is -2.46. The van der Waals surface area contributed by atoms with Crippen LogP contribution in [0.25, 0.3) is 10.9 Å². The molecule has 4 rings (SSSR count). The van der Waals surface area contributed by atoms with E-state index in [-0.39, 0.29) is 46.4 Å². The van der Waals surface area contributed by atoms with Gasteiger partial charge in [0.1, 0.15) is 30.6 Å². The lowest BCUT2D eigenvalue weighted by molar-refractivity contribution is 0.0786. The molecule has 0 aliphatic rings. The van der Waals surface area contributed by atoms with Gasteiger partial charge in [0.15, 0.2) is 5.82 Å². The first-order valence-electron chi connectivity index (χ1n) is 15.3. The van der Waals surface area contributed by atoms with Gasteiger partial charge in [0.2, 0.25) is 9.84 Å². The first kappa shape index (κ1) is 37.2. The highest BCUT2D eigenvalue weighted by atomic mass is 32.2. The molecule has 1 amide bonds. The van der Waals surface area contributed by atoms with Crippen LogP contribution in [0, 0.1) is 11.6 Å². The van der Waals surface area contributed by atoms with Crippen LogP contribution in [0.5, 0.6) is 5.75 Å². The molecule has 4 aromatic rings. The number of ether oxygens (including phenoxy) is 4. The molecule has 264 valence electrons. The molecule has 0 radical (unpaired) electrons. The number of carbonyl (C=O) groups excluding carboxylic acids is 2. The molecule has 0 bridgehead atoms. The Hall–Kier alpha value is -4.64. The minimum absolute atomic E-state index is 0.0407. The number of hydrogen-bond acceptors (Lipinski definition) is 11. The van der Waals surface area contributed by atoms with Gasteiger partial charge in [0, 0.05) is 43.8 Å². The number of likely N-dealkylation sites (N-methyl/N-ethyl adjacent to an activating group) is 1. The number of fused-ring (bicyclic) bond motifs is 1. The van der Waals surface area contributed by atoms with Gasteiger partial charge in [0.05, 0.1) is 39.8 Å². The largest absolute Gasteiger partial charge is 0.492 e. The average molecular weight is 704 g/mol. The number of anilines is 2. The summed E-state index contributed by atoms with van der Waals surface area (Å²) >= 11 is 0. The molecular weight excluding hydrogens is 664 g/mol. The zero-order valence-electron chi connectivity index (χ0n) is 27.8. The molecule has 0 fully saturated rings.